The minimum Gasteiger partial charge on any atom is -0.481 e. The van der Waals surface area contributed by atoms with Gasteiger partial charge in [-0.1, -0.05) is 19.8 Å². The first-order valence-electron chi connectivity index (χ1n) is 8.28. The number of carbonyl (C=O) groups is 2. The number of urea groups is 1. The molecule has 3 rings (SSSR count). The minimum atomic E-state index is -0.742. The van der Waals surface area contributed by atoms with Crippen LogP contribution in [0.15, 0.2) is 0 Å². The van der Waals surface area contributed by atoms with Gasteiger partial charge in [-0.3, -0.25) is 4.79 Å². The smallest absolute Gasteiger partial charge is 0.320 e. The maximum absolute atomic E-state index is 12.9. The first kappa shape index (κ1) is 14.7. The molecule has 0 aromatic heterocycles. The third-order valence-corrected chi connectivity index (χ3v) is 5.94. The lowest BCUT2D eigenvalue weighted by Crippen LogP contribution is -2.51. The number of carboxylic acid groups (broad SMARTS) is 1. The maximum atomic E-state index is 12.9. The first-order valence-corrected chi connectivity index (χ1v) is 8.28. The molecular weight excluding hydrogens is 268 g/mol. The Morgan fingerprint density at radius 2 is 1.86 bits per heavy atom. The summed E-state index contributed by atoms with van der Waals surface area (Å²) in [5.41, 5.74) is 0. The van der Waals surface area contributed by atoms with Crippen molar-refractivity contribution in [2.24, 2.45) is 11.8 Å². The van der Waals surface area contributed by atoms with E-state index < -0.39 is 5.97 Å². The van der Waals surface area contributed by atoms with Crippen molar-refractivity contribution in [1.82, 2.24) is 9.80 Å². The van der Waals surface area contributed by atoms with Gasteiger partial charge in [0.2, 0.25) is 0 Å². The molecule has 21 heavy (non-hydrogen) atoms. The molecule has 0 aromatic carbocycles. The number of nitrogens with zero attached hydrogens (tertiary/aromatic N) is 2. The molecule has 2 heterocycles. The van der Waals surface area contributed by atoms with Crippen LogP contribution in [0.1, 0.15) is 51.9 Å². The average Bonchev–Trinajstić information content (AvgIpc) is 3.04. The Morgan fingerprint density at radius 3 is 2.48 bits per heavy atom. The van der Waals surface area contributed by atoms with Gasteiger partial charge >= 0.3 is 12.0 Å². The summed E-state index contributed by atoms with van der Waals surface area (Å²) in [6.07, 6.45) is 7.17. The van der Waals surface area contributed by atoms with Crippen molar-refractivity contribution in [2.75, 3.05) is 7.05 Å². The highest BCUT2D eigenvalue weighted by Crippen LogP contribution is 2.43. The highest BCUT2D eigenvalue weighted by Gasteiger charge is 2.52. The maximum Gasteiger partial charge on any atom is 0.320 e. The minimum absolute atomic E-state index is 0.0602. The zero-order valence-electron chi connectivity index (χ0n) is 13.0. The van der Waals surface area contributed by atoms with Crippen molar-refractivity contribution in [3.05, 3.63) is 0 Å². The highest BCUT2D eigenvalue weighted by molar-refractivity contribution is 5.79. The number of hydrogen-bond donors (Lipinski definition) is 1. The van der Waals surface area contributed by atoms with E-state index in [0.717, 1.165) is 19.3 Å². The number of aliphatic carboxylic acids is 1. The highest BCUT2D eigenvalue weighted by atomic mass is 16.4. The van der Waals surface area contributed by atoms with Crippen LogP contribution in [0.4, 0.5) is 4.79 Å². The Labute approximate surface area is 126 Å². The normalized spacial score (nSPS) is 38.6. The van der Waals surface area contributed by atoms with E-state index in [-0.39, 0.29) is 24.0 Å². The standard InChI is InChI=1S/C16H26N2O3/c1-10-5-3-4-6-13(10)17(2)16(21)18-11-7-8-14(18)12(9-11)15(19)20/h10-14H,3-9H2,1-2H3,(H,19,20). The van der Waals surface area contributed by atoms with Gasteiger partial charge in [0.15, 0.2) is 0 Å². The summed E-state index contributed by atoms with van der Waals surface area (Å²) in [6.45, 7) is 2.23. The molecule has 5 nitrogen and oxygen atoms in total. The number of rotatable bonds is 2. The van der Waals surface area contributed by atoms with Gasteiger partial charge in [-0.15, -0.1) is 0 Å². The molecule has 2 saturated heterocycles. The van der Waals surface area contributed by atoms with Gasteiger partial charge in [0.25, 0.3) is 0 Å². The van der Waals surface area contributed by atoms with Crippen LogP contribution >= 0.6 is 0 Å². The topological polar surface area (TPSA) is 60.9 Å². The Hall–Kier alpha value is -1.26. The lowest BCUT2D eigenvalue weighted by Gasteiger charge is -2.39. The van der Waals surface area contributed by atoms with Crippen LogP contribution in [0.2, 0.25) is 0 Å². The lowest BCUT2D eigenvalue weighted by molar-refractivity contribution is -0.142. The first-order chi connectivity index (χ1) is 10.0. The van der Waals surface area contributed by atoms with Crippen molar-refractivity contribution in [3.63, 3.8) is 0 Å². The van der Waals surface area contributed by atoms with Gasteiger partial charge in [0.1, 0.15) is 0 Å². The Kier molecular flexibility index (Phi) is 3.84. The molecule has 0 aromatic rings. The second-order valence-electron chi connectivity index (χ2n) is 7.11. The van der Waals surface area contributed by atoms with Crippen molar-refractivity contribution < 1.29 is 14.7 Å². The van der Waals surface area contributed by atoms with Crippen LogP contribution in [0, 0.1) is 11.8 Å². The zero-order chi connectivity index (χ0) is 15.1. The van der Waals surface area contributed by atoms with E-state index in [1.165, 1.54) is 19.3 Å². The van der Waals surface area contributed by atoms with Gasteiger partial charge in [-0.2, -0.15) is 0 Å². The van der Waals surface area contributed by atoms with E-state index >= 15 is 0 Å². The van der Waals surface area contributed by atoms with Crippen molar-refractivity contribution in [3.8, 4) is 0 Å². The van der Waals surface area contributed by atoms with E-state index in [9.17, 15) is 14.7 Å². The van der Waals surface area contributed by atoms with Crippen molar-refractivity contribution >= 4 is 12.0 Å². The Balaban J connectivity index is 1.72. The molecule has 5 atom stereocenters. The predicted molar refractivity (Wildman–Crippen MR) is 79.0 cm³/mol. The summed E-state index contributed by atoms with van der Waals surface area (Å²) < 4.78 is 0. The van der Waals surface area contributed by atoms with Gasteiger partial charge in [-0.25, -0.2) is 4.79 Å². The number of hydrogen-bond acceptors (Lipinski definition) is 2. The van der Waals surface area contributed by atoms with Crippen LogP contribution in [0.5, 0.6) is 0 Å². The van der Waals surface area contributed by atoms with Gasteiger partial charge < -0.3 is 14.9 Å². The third kappa shape index (κ3) is 2.40. The molecule has 0 spiro atoms. The third-order valence-electron chi connectivity index (χ3n) is 5.94. The molecule has 2 aliphatic heterocycles. The van der Waals surface area contributed by atoms with E-state index in [0.29, 0.717) is 18.4 Å². The number of carboxylic acids is 1. The van der Waals surface area contributed by atoms with Crippen molar-refractivity contribution in [2.45, 2.75) is 70.0 Å². The zero-order valence-corrected chi connectivity index (χ0v) is 13.0. The molecule has 2 amide bonds. The molecule has 0 radical (unpaired) electrons. The average molecular weight is 294 g/mol. The van der Waals surface area contributed by atoms with Gasteiger partial charge in [0, 0.05) is 25.2 Å². The summed E-state index contributed by atoms with van der Waals surface area (Å²) in [5.74, 6) is -0.554. The van der Waals surface area contributed by atoms with Crippen molar-refractivity contribution in [1.29, 1.82) is 0 Å². The molecule has 1 aliphatic carbocycles. The molecule has 3 fully saturated rings. The van der Waals surface area contributed by atoms with E-state index in [1.807, 2.05) is 16.8 Å². The Morgan fingerprint density at radius 1 is 1.14 bits per heavy atom. The molecule has 2 bridgehead atoms. The number of carbonyl (C=O) groups excluding carboxylic acids is 1. The van der Waals surface area contributed by atoms with E-state index in [1.54, 1.807) is 0 Å². The largest absolute Gasteiger partial charge is 0.481 e. The molecule has 5 heteroatoms. The monoisotopic (exact) mass is 294 g/mol. The van der Waals surface area contributed by atoms with Crippen LogP contribution in [-0.2, 0) is 4.79 Å². The molecule has 118 valence electrons. The molecular formula is C16H26N2O3. The van der Waals surface area contributed by atoms with Gasteiger partial charge in [-0.05, 0) is 38.0 Å². The number of amides is 2. The summed E-state index contributed by atoms with van der Waals surface area (Å²) in [4.78, 5) is 28.0. The summed E-state index contributed by atoms with van der Waals surface area (Å²) in [5, 5.41) is 9.31. The predicted octanol–water partition coefficient (Wildman–Crippen LogP) is 2.55. The second-order valence-corrected chi connectivity index (χ2v) is 7.11. The number of fused-ring (bicyclic) bond motifs is 2. The molecule has 1 N–H and O–H groups in total. The summed E-state index contributed by atoms with van der Waals surface area (Å²) in [6, 6.07) is 0.436. The Bertz CT molecular complexity index is 439. The van der Waals surface area contributed by atoms with E-state index in [4.69, 9.17) is 0 Å². The second kappa shape index (κ2) is 5.50. The summed E-state index contributed by atoms with van der Waals surface area (Å²) >= 11 is 0. The SMILES string of the molecule is CC1CCCCC1N(C)C(=O)N1C2CCC1C(C(=O)O)C2. The fourth-order valence-corrected chi connectivity index (χ4v) is 4.75. The molecule has 5 unspecified atom stereocenters. The van der Waals surface area contributed by atoms with Crippen LogP contribution in [0.25, 0.3) is 0 Å². The van der Waals surface area contributed by atoms with Crippen LogP contribution in [-0.4, -0.2) is 52.1 Å². The van der Waals surface area contributed by atoms with Crippen LogP contribution in [0.3, 0.4) is 0 Å². The quantitative estimate of drug-likeness (QED) is 0.851. The fourth-order valence-electron chi connectivity index (χ4n) is 4.75. The molecule has 1 saturated carbocycles. The lowest BCUT2D eigenvalue weighted by atomic mass is 9.85. The fraction of sp³-hybridized carbons (Fsp3) is 0.875. The van der Waals surface area contributed by atoms with Gasteiger partial charge in [0.05, 0.1) is 5.92 Å². The van der Waals surface area contributed by atoms with Crippen LogP contribution < -0.4 is 0 Å². The molecule has 3 aliphatic rings. The summed E-state index contributed by atoms with van der Waals surface area (Å²) in [7, 11) is 1.91. The van der Waals surface area contributed by atoms with E-state index in [2.05, 4.69) is 6.92 Å².